The van der Waals surface area contributed by atoms with Crippen LogP contribution in [0.2, 0.25) is 18.1 Å². The molecule has 1 aliphatic carbocycles. The van der Waals surface area contributed by atoms with Gasteiger partial charge in [-0.15, -0.1) is 0 Å². The second-order valence-electron chi connectivity index (χ2n) is 9.14. The molecular formula is C23H39NO4Si. The second-order valence-corrected chi connectivity index (χ2v) is 13.9. The van der Waals surface area contributed by atoms with Gasteiger partial charge < -0.3 is 18.7 Å². The Bertz CT molecular complexity index is 641. The highest BCUT2D eigenvalue weighted by Gasteiger charge is 2.47. The minimum absolute atomic E-state index is 0.000868. The maximum Gasteiger partial charge on any atom is 0.192 e. The first-order valence-corrected chi connectivity index (χ1v) is 13.7. The quantitative estimate of drug-likeness (QED) is 0.269. The van der Waals surface area contributed by atoms with Gasteiger partial charge in [0.15, 0.2) is 14.1 Å². The number of carbonyl (C=O) groups excluding carboxylic acids is 1. The molecule has 0 aromatic rings. The number of carbonyl (C=O) groups is 1. The summed E-state index contributed by atoms with van der Waals surface area (Å²) in [5, 5.41) is 9.18. The third-order valence-corrected chi connectivity index (χ3v) is 12.1. The van der Waals surface area contributed by atoms with E-state index in [4.69, 9.17) is 13.9 Å². The van der Waals surface area contributed by atoms with Crippen LogP contribution in [0.4, 0.5) is 0 Å². The van der Waals surface area contributed by atoms with E-state index in [1.807, 2.05) is 13.8 Å². The predicted molar refractivity (Wildman–Crippen MR) is 117 cm³/mol. The molecule has 1 saturated heterocycles. The molecule has 2 aliphatic rings. The number of aldehydes is 1. The van der Waals surface area contributed by atoms with Crippen molar-refractivity contribution in [3.63, 3.8) is 0 Å². The number of nitrogens with zero attached hydrogens (tertiary/aromatic N) is 1. The first-order valence-electron chi connectivity index (χ1n) is 11.2. The van der Waals surface area contributed by atoms with Crippen molar-refractivity contribution in [1.82, 2.24) is 0 Å². The van der Waals surface area contributed by atoms with Gasteiger partial charge in [0, 0.05) is 24.4 Å². The van der Waals surface area contributed by atoms with Gasteiger partial charge in [-0.1, -0.05) is 26.3 Å². The summed E-state index contributed by atoms with van der Waals surface area (Å²) in [6, 6.07) is 5.50. The number of hydrogen-bond acceptors (Lipinski definition) is 5. The highest BCUT2D eigenvalue weighted by Crippen LogP contribution is 2.48. The van der Waals surface area contributed by atoms with Gasteiger partial charge in [0.25, 0.3) is 0 Å². The van der Waals surface area contributed by atoms with Crippen LogP contribution in [0.25, 0.3) is 0 Å². The summed E-state index contributed by atoms with van der Waals surface area (Å²) in [5.41, 5.74) is 1.95. The molecule has 0 spiro atoms. The first kappa shape index (κ1) is 24.3. The lowest BCUT2D eigenvalue weighted by Crippen LogP contribution is -2.45. The molecule has 0 bridgehead atoms. The van der Waals surface area contributed by atoms with Crippen LogP contribution in [-0.2, 0) is 18.7 Å². The molecule has 6 heteroatoms. The molecule has 0 radical (unpaired) electrons. The van der Waals surface area contributed by atoms with Crippen molar-refractivity contribution in [3.05, 3.63) is 11.1 Å². The Hall–Kier alpha value is -1.00. The van der Waals surface area contributed by atoms with Gasteiger partial charge in [0.05, 0.1) is 12.7 Å². The van der Waals surface area contributed by atoms with Gasteiger partial charge >= 0.3 is 0 Å². The number of hydrogen-bond donors (Lipinski definition) is 0. The summed E-state index contributed by atoms with van der Waals surface area (Å²) in [6.07, 6.45) is 3.61. The standard InChI is InChI=1S/C23H39NO4Si/c1-7-29(8-2,9-3)27-15-20-18(4)19(21-16-26-22(5,6)28-21)11-13-23(20,17-25)12-10-14-24/h17,20-21H,7-13,15-16H2,1-6H3/t20-,21-,23+/m0/s1. The topological polar surface area (TPSA) is 68.6 Å². The third-order valence-electron chi connectivity index (χ3n) is 7.41. The highest BCUT2D eigenvalue weighted by atomic mass is 28.4. The second kappa shape index (κ2) is 9.87. The van der Waals surface area contributed by atoms with Crippen molar-refractivity contribution in [2.45, 2.75) is 97.2 Å². The highest BCUT2D eigenvalue weighted by molar-refractivity contribution is 6.73. The van der Waals surface area contributed by atoms with Gasteiger partial charge in [-0.2, -0.15) is 5.26 Å². The monoisotopic (exact) mass is 421 g/mol. The Kier molecular flexibility index (Phi) is 8.26. The van der Waals surface area contributed by atoms with E-state index in [0.29, 0.717) is 26.1 Å². The zero-order valence-corrected chi connectivity index (χ0v) is 20.2. The largest absolute Gasteiger partial charge is 0.416 e. The van der Waals surface area contributed by atoms with Gasteiger partial charge in [-0.05, 0) is 63.7 Å². The third kappa shape index (κ3) is 5.19. The molecule has 0 N–H and O–H groups in total. The van der Waals surface area contributed by atoms with E-state index in [1.54, 1.807) is 0 Å². The Morgan fingerprint density at radius 2 is 1.93 bits per heavy atom. The van der Waals surface area contributed by atoms with Crippen molar-refractivity contribution in [2.75, 3.05) is 13.2 Å². The van der Waals surface area contributed by atoms with Gasteiger partial charge in [0.1, 0.15) is 12.4 Å². The molecule has 0 aromatic carbocycles. The molecule has 0 unspecified atom stereocenters. The van der Waals surface area contributed by atoms with Crippen molar-refractivity contribution in [1.29, 1.82) is 5.26 Å². The molecule has 164 valence electrons. The minimum atomic E-state index is -1.77. The van der Waals surface area contributed by atoms with E-state index in [0.717, 1.165) is 37.3 Å². The van der Waals surface area contributed by atoms with Crippen molar-refractivity contribution in [3.8, 4) is 6.07 Å². The van der Waals surface area contributed by atoms with E-state index in [9.17, 15) is 10.1 Å². The average Bonchev–Trinajstić information content (AvgIpc) is 3.08. The van der Waals surface area contributed by atoms with E-state index < -0.39 is 19.5 Å². The number of nitriles is 1. The molecule has 1 aliphatic heterocycles. The molecule has 0 saturated carbocycles. The van der Waals surface area contributed by atoms with Crippen LogP contribution in [0, 0.1) is 22.7 Å². The molecule has 3 atom stereocenters. The summed E-state index contributed by atoms with van der Waals surface area (Å²) >= 11 is 0. The summed E-state index contributed by atoms with van der Waals surface area (Å²) in [7, 11) is -1.77. The normalized spacial score (nSPS) is 29.7. The molecule has 5 nitrogen and oxygen atoms in total. The van der Waals surface area contributed by atoms with Crippen LogP contribution in [0.3, 0.4) is 0 Å². The summed E-state index contributed by atoms with van der Waals surface area (Å²) in [5.74, 6) is -0.570. The van der Waals surface area contributed by atoms with E-state index >= 15 is 0 Å². The molecule has 2 rings (SSSR count). The van der Waals surface area contributed by atoms with Crippen LogP contribution in [0.15, 0.2) is 11.1 Å². The summed E-state index contributed by atoms with van der Waals surface area (Å²) < 4.78 is 18.6. The van der Waals surface area contributed by atoms with Crippen LogP contribution in [0.1, 0.15) is 67.2 Å². The number of ether oxygens (including phenoxy) is 2. The molecule has 1 fully saturated rings. The van der Waals surface area contributed by atoms with E-state index in [-0.39, 0.29) is 12.0 Å². The van der Waals surface area contributed by atoms with Crippen LogP contribution < -0.4 is 0 Å². The molecule has 0 amide bonds. The number of rotatable bonds is 10. The van der Waals surface area contributed by atoms with Gasteiger partial charge in [-0.3, -0.25) is 0 Å². The summed E-state index contributed by atoms with van der Waals surface area (Å²) in [6.45, 7) is 13.8. The molecule has 1 heterocycles. The fourth-order valence-corrected chi connectivity index (χ4v) is 7.70. The van der Waals surface area contributed by atoms with Crippen LogP contribution in [0.5, 0.6) is 0 Å². The van der Waals surface area contributed by atoms with Crippen molar-refractivity contribution in [2.24, 2.45) is 11.3 Å². The zero-order chi connectivity index (χ0) is 21.7. The van der Waals surface area contributed by atoms with Crippen LogP contribution >= 0.6 is 0 Å². The van der Waals surface area contributed by atoms with Gasteiger partial charge in [0.2, 0.25) is 0 Å². The van der Waals surface area contributed by atoms with Crippen molar-refractivity contribution >= 4 is 14.6 Å². The molecule has 0 aromatic heterocycles. The SMILES string of the molecule is CC[Si](CC)(CC)OC[C@H]1C(C)=C([C@@H]2COC(C)(C)O2)CC[C@@]1(C=O)CCC#N. The maximum atomic E-state index is 12.4. The maximum absolute atomic E-state index is 12.4. The first-order chi connectivity index (χ1) is 13.7. The fraction of sp³-hybridized carbons (Fsp3) is 0.826. The molecule has 29 heavy (non-hydrogen) atoms. The zero-order valence-electron chi connectivity index (χ0n) is 19.2. The Balaban J connectivity index is 2.36. The average molecular weight is 422 g/mol. The molecular weight excluding hydrogens is 382 g/mol. The summed E-state index contributed by atoms with van der Waals surface area (Å²) in [4.78, 5) is 12.4. The lowest BCUT2D eigenvalue weighted by molar-refractivity contribution is -0.135. The van der Waals surface area contributed by atoms with Gasteiger partial charge in [-0.25, -0.2) is 0 Å². The Morgan fingerprint density at radius 1 is 1.28 bits per heavy atom. The van der Waals surface area contributed by atoms with Crippen molar-refractivity contribution < 1.29 is 18.7 Å². The van der Waals surface area contributed by atoms with Crippen LogP contribution in [-0.4, -0.2) is 39.7 Å². The predicted octanol–water partition coefficient (Wildman–Crippen LogP) is 5.38. The fourth-order valence-electron chi connectivity index (χ4n) is 5.06. The lowest BCUT2D eigenvalue weighted by atomic mass is 9.62. The lowest BCUT2D eigenvalue weighted by Gasteiger charge is -2.44. The van der Waals surface area contributed by atoms with E-state index in [1.165, 1.54) is 11.1 Å². The van der Waals surface area contributed by atoms with E-state index in [2.05, 4.69) is 33.8 Å². The smallest absolute Gasteiger partial charge is 0.192 e. The minimum Gasteiger partial charge on any atom is -0.416 e. The Labute approximate surface area is 177 Å². The Morgan fingerprint density at radius 3 is 2.41 bits per heavy atom.